The summed E-state index contributed by atoms with van der Waals surface area (Å²) >= 11 is 0. The zero-order valence-corrected chi connectivity index (χ0v) is 48.5. The van der Waals surface area contributed by atoms with E-state index in [-0.39, 0.29) is 42.2 Å². The fourth-order valence-corrected chi connectivity index (χ4v) is 12.2. The molecule has 0 fully saturated rings. The van der Waals surface area contributed by atoms with Gasteiger partial charge in [-0.3, -0.25) is 34.1 Å². The first kappa shape index (κ1) is 61.2. The van der Waals surface area contributed by atoms with Crippen molar-refractivity contribution in [2.24, 2.45) is 17.4 Å². The van der Waals surface area contributed by atoms with E-state index in [9.17, 15) is 29.1 Å². The van der Waals surface area contributed by atoms with Gasteiger partial charge in [-0.2, -0.15) is 0 Å². The average molecular weight is 1140 g/mol. The second-order valence-electron chi connectivity index (χ2n) is 21.9. The number of aliphatic hydroxyl groups excluding tert-OH is 1. The number of primary amides is 1. The number of hydrogen-bond acceptors (Lipinski definition) is 11. The number of nitrogens with two attached hydrogens (primary N) is 2. The van der Waals surface area contributed by atoms with E-state index in [1.54, 1.807) is 12.4 Å². The topological polar surface area (TPSA) is 278 Å². The highest BCUT2D eigenvalue weighted by molar-refractivity contribution is 8.77. The molecule has 0 saturated carbocycles. The van der Waals surface area contributed by atoms with E-state index < -0.39 is 83.3 Å². The fourth-order valence-electron chi connectivity index (χ4n) is 9.73. The van der Waals surface area contributed by atoms with Crippen LogP contribution in [0.3, 0.4) is 0 Å². The molecule has 7 atom stereocenters. The molecule has 5 aromatic carbocycles. The first-order chi connectivity index (χ1) is 38.6. The van der Waals surface area contributed by atoms with Gasteiger partial charge in [0.05, 0.1) is 17.7 Å². The summed E-state index contributed by atoms with van der Waals surface area (Å²) in [6.45, 7) is 12.9. The number of H-pyrrole nitrogens is 2. The minimum absolute atomic E-state index is 0.101. The summed E-state index contributed by atoms with van der Waals surface area (Å²) < 4.78 is -0.176. The summed E-state index contributed by atoms with van der Waals surface area (Å²) in [6, 6.07) is 34.7. The highest BCUT2D eigenvalue weighted by Crippen LogP contribution is 2.38. The van der Waals surface area contributed by atoms with Gasteiger partial charge < -0.3 is 53.1 Å². The van der Waals surface area contributed by atoms with Crippen LogP contribution in [0.5, 0.6) is 0 Å². The number of para-hydroxylation sites is 2. The van der Waals surface area contributed by atoms with E-state index >= 15 is 4.79 Å². The summed E-state index contributed by atoms with van der Waals surface area (Å²) in [5.41, 5.74) is 17.9. The van der Waals surface area contributed by atoms with Gasteiger partial charge in [0.15, 0.2) is 0 Å². The van der Waals surface area contributed by atoms with Crippen LogP contribution in [0.1, 0.15) is 81.3 Å². The Kier molecular flexibility index (Phi) is 21.0. The molecule has 0 aliphatic rings. The number of amides is 6. The molecule has 6 amide bonds. The van der Waals surface area contributed by atoms with E-state index in [4.69, 9.17) is 11.5 Å². The molecule has 428 valence electrons. The van der Waals surface area contributed by atoms with Crippen LogP contribution in [0.2, 0.25) is 0 Å². The number of carbonyl (C=O) groups is 6. The van der Waals surface area contributed by atoms with Crippen molar-refractivity contribution in [2.45, 2.75) is 120 Å². The van der Waals surface area contributed by atoms with E-state index in [2.05, 4.69) is 41.9 Å². The Labute approximate surface area is 481 Å². The van der Waals surface area contributed by atoms with Crippen LogP contribution in [0.25, 0.3) is 21.8 Å². The molecule has 0 spiro atoms. The van der Waals surface area contributed by atoms with Gasteiger partial charge in [-0.05, 0) is 72.6 Å². The van der Waals surface area contributed by atoms with Gasteiger partial charge in [0.25, 0.3) is 0 Å². The first-order valence-corrected chi connectivity index (χ1v) is 29.5. The lowest BCUT2D eigenvalue weighted by molar-refractivity contribution is -0.136. The maximum Gasteiger partial charge on any atom is 0.245 e. The van der Waals surface area contributed by atoms with Crippen molar-refractivity contribution in [3.63, 3.8) is 0 Å². The lowest BCUT2D eigenvalue weighted by Crippen LogP contribution is -2.63. The van der Waals surface area contributed by atoms with E-state index in [0.717, 1.165) is 49.6 Å². The summed E-state index contributed by atoms with van der Waals surface area (Å²) in [7, 11) is 2.90. The number of aromatic nitrogens is 2. The quantitative estimate of drug-likeness (QED) is 0.0205. The standard InChI is InChI=1S/C62H76N10O7S2/c1-37(2)30-50(68-56(75)47(63)31-40-33-65-48-24-16-14-22-45(40)48)58(77)72-54(39(4)73)60(79)69-51(32-41-34-66-49-25-17-15-23-46(41)49)57(76)70-52(59(78)71-53(55(64)74)36-80-81-61(5,6)7)35-67-62(42-18-10-8-11-19-42,43-20-12-9-13-21-43)44-28-26-38(3)27-29-44/h8-29,33-34,37,39,47,50-54,65-67,73H,30-32,35-36,63H2,1-7H3,(H2,64,74)(H,68,75)(H,69,79)(H,70,76)(H,71,78)(H,72,77)/t39-,47+,50+,51+,52+,53+,54+/m1/s1. The number of fused-ring (bicyclic) bond motifs is 2. The van der Waals surface area contributed by atoms with Crippen molar-refractivity contribution in [3.05, 3.63) is 179 Å². The molecule has 0 bridgehead atoms. The molecule has 7 aromatic rings. The largest absolute Gasteiger partial charge is 0.391 e. The summed E-state index contributed by atoms with van der Waals surface area (Å²) in [5, 5.41) is 30.6. The van der Waals surface area contributed by atoms with E-state index in [0.29, 0.717) is 5.56 Å². The molecular formula is C62H76N10O7S2. The van der Waals surface area contributed by atoms with Gasteiger partial charge in [-0.25, -0.2) is 0 Å². The molecule has 7 rings (SSSR count). The lowest BCUT2D eigenvalue weighted by Gasteiger charge is -2.38. The molecular weight excluding hydrogens is 1060 g/mol. The Morgan fingerprint density at radius 1 is 0.568 bits per heavy atom. The predicted octanol–water partition coefficient (Wildman–Crippen LogP) is 6.17. The Morgan fingerprint density at radius 3 is 1.57 bits per heavy atom. The Balaban J connectivity index is 1.20. The second-order valence-corrected chi connectivity index (χ2v) is 25.1. The highest BCUT2D eigenvalue weighted by atomic mass is 33.1. The molecule has 2 heterocycles. The zero-order chi connectivity index (χ0) is 58.4. The summed E-state index contributed by atoms with van der Waals surface area (Å²) in [6.07, 6.45) is 2.24. The van der Waals surface area contributed by atoms with Crippen LogP contribution < -0.4 is 43.4 Å². The van der Waals surface area contributed by atoms with Gasteiger partial charge in [0, 0.05) is 57.7 Å². The van der Waals surface area contributed by atoms with Gasteiger partial charge in [0.2, 0.25) is 35.4 Å². The number of aromatic amines is 2. The van der Waals surface area contributed by atoms with Crippen LogP contribution in [0, 0.1) is 12.8 Å². The Hall–Kier alpha value is -7.42. The predicted molar refractivity (Wildman–Crippen MR) is 324 cm³/mol. The number of aryl methyl sites for hydroxylation is 1. The molecule has 0 saturated heterocycles. The van der Waals surface area contributed by atoms with Crippen molar-refractivity contribution >= 4 is 78.8 Å². The van der Waals surface area contributed by atoms with E-state index in [1.807, 2.05) is 175 Å². The Morgan fingerprint density at radius 2 is 1.04 bits per heavy atom. The normalized spacial score (nSPS) is 14.5. The molecule has 17 nitrogen and oxygen atoms in total. The highest BCUT2D eigenvalue weighted by Gasteiger charge is 2.40. The maximum atomic E-state index is 15.3. The lowest BCUT2D eigenvalue weighted by atomic mass is 9.76. The third kappa shape index (κ3) is 16.2. The average Bonchev–Trinajstić information content (AvgIpc) is 4.10. The van der Waals surface area contributed by atoms with Crippen LogP contribution in [0.4, 0.5) is 0 Å². The SMILES string of the molecule is Cc1ccc(C(NC[C@H](NC(=O)[C@H](Cc2c[nH]c3ccccc23)NC(=O)[C@@H](NC(=O)[C@H](CC(C)C)NC(=O)[C@@H](N)Cc2c[nH]c3ccccc23)[C@@H](C)O)C(=O)N[C@@H](CSSC(C)(C)C)C(N)=O)(c2ccccc2)c2ccccc2)cc1. The smallest absolute Gasteiger partial charge is 0.245 e. The van der Waals surface area contributed by atoms with Gasteiger partial charge in [0.1, 0.15) is 30.2 Å². The number of benzene rings is 5. The minimum atomic E-state index is -1.63. The van der Waals surface area contributed by atoms with Crippen molar-refractivity contribution in [1.82, 2.24) is 41.9 Å². The van der Waals surface area contributed by atoms with Crippen LogP contribution in [-0.4, -0.2) is 110 Å². The summed E-state index contributed by atoms with van der Waals surface area (Å²) in [4.78, 5) is 92.4. The maximum absolute atomic E-state index is 15.3. The van der Waals surface area contributed by atoms with Crippen molar-refractivity contribution in [1.29, 1.82) is 0 Å². The third-order valence-corrected chi connectivity index (χ3v) is 17.2. The number of nitrogens with one attached hydrogen (secondary N) is 8. The first-order valence-electron chi connectivity index (χ1n) is 27.2. The number of hydrogen-bond donors (Lipinski definition) is 11. The molecule has 13 N–H and O–H groups in total. The molecule has 2 aromatic heterocycles. The second kappa shape index (κ2) is 27.8. The number of rotatable bonds is 27. The van der Waals surface area contributed by atoms with Crippen LogP contribution in [-0.2, 0) is 47.1 Å². The minimum Gasteiger partial charge on any atom is -0.391 e. The van der Waals surface area contributed by atoms with Gasteiger partial charge >= 0.3 is 0 Å². The molecule has 0 unspecified atom stereocenters. The van der Waals surface area contributed by atoms with Crippen molar-refractivity contribution in [3.8, 4) is 0 Å². The zero-order valence-electron chi connectivity index (χ0n) is 46.9. The third-order valence-electron chi connectivity index (χ3n) is 13.9. The molecule has 0 radical (unpaired) electrons. The molecule has 0 aliphatic carbocycles. The Bertz CT molecular complexity index is 3210. The monoisotopic (exact) mass is 1140 g/mol. The van der Waals surface area contributed by atoms with Gasteiger partial charge in [-0.1, -0.05) is 183 Å². The van der Waals surface area contributed by atoms with Crippen molar-refractivity contribution < 1.29 is 33.9 Å². The number of aliphatic hydroxyl groups is 1. The van der Waals surface area contributed by atoms with Crippen LogP contribution >= 0.6 is 21.6 Å². The summed E-state index contributed by atoms with van der Waals surface area (Å²) in [5.74, 6) is -4.54. The van der Waals surface area contributed by atoms with Crippen LogP contribution in [0.15, 0.2) is 146 Å². The molecule has 19 heteroatoms. The van der Waals surface area contributed by atoms with Crippen molar-refractivity contribution in [2.75, 3.05) is 12.3 Å². The fraction of sp³-hybridized carbons (Fsp3) is 0.355. The van der Waals surface area contributed by atoms with E-state index in [1.165, 1.54) is 28.5 Å². The molecule has 0 aliphatic heterocycles. The number of carbonyl (C=O) groups excluding carboxylic acids is 6. The van der Waals surface area contributed by atoms with Gasteiger partial charge in [-0.15, -0.1) is 0 Å². The molecule has 81 heavy (non-hydrogen) atoms.